The van der Waals surface area contributed by atoms with E-state index in [4.69, 9.17) is 14.2 Å². The highest BCUT2D eigenvalue weighted by Gasteiger charge is 2.38. The van der Waals surface area contributed by atoms with Crippen molar-refractivity contribution in [3.63, 3.8) is 0 Å². The van der Waals surface area contributed by atoms with Gasteiger partial charge in [-0.1, -0.05) is 11.3 Å². The molecule has 3 aliphatic heterocycles. The molecule has 0 saturated carbocycles. The fourth-order valence-corrected chi connectivity index (χ4v) is 5.40. The average Bonchev–Trinajstić information content (AvgIpc) is 3.65. The van der Waals surface area contributed by atoms with E-state index in [2.05, 4.69) is 20.6 Å². The van der Waals surface area contributed by atoms with Crippen molar-refractivity contribution in [3.8, 4) is 11.5 Å². The van der Waals surface area contributed by atoms with Crippen molar-refractivity contribution in [1.29, 1.82) is 0 Å². The minimum Gasteiger partial charge on any atom is -0.489 e. The van der Waals surface area contributed by atoms with Gasteiger partial charge in [-0.2, -0.15) is 0 Å². The molecule has 5 heterocycles. The quantitative estimate of drug-likeness (QED) is 0.487. The highest BCUT2D eigenvalue weighted by molar-refractivity contribution is 5.96. The number of benzene rings is 1. The van der Waals surface area contributed by atoms with Crippen LogP contribution in [0, 0.1) is 0 Å². The number of piperidine rings is 1. The summed E-state index contributed by atoms with van der Waals surface area (Å²) >= 11 is 0. The predicted octanol–water partition coefficient (Wildman–Crippen LogP) is 1.30. The van der Waals surface area contributed by atoms with E-state index in [9.17, 15) is 14.4 Å². The molecule has 3 aliphatic rings. The Hall–Kier alpha value is -4.52. The smallest absolute Gasteiger partial charge is 0.274 e. The van der Waals surface area contributed by atoms with Crippen LogP contribution in [-0.2, 0) is 22.7 Å². The lowest BCUT2D eigenvalue weighted by molar-refractivity contribution is -0.134. The molecule has 1 N–H and O–H groups in total. The second kappa shape index (κ2) is 12.6. The van der Waals surface area contributed by atoms with Gasteiger partial charge in [0.1, 0.15) is 18.1 Å². The summed E-state index contributed by atoms with van der Waals surface area (Å²) in [5.41, 5.74) is 1.20. The Morgan fingerprint density at radius 3 is 2.81 bits per heavy atom. The van der Waals surface area contributed by atoms with Gasteiger partial charge in [0.15, 0.2) is 18.1 Å². The van der Waals surface area contributed by atoms with Gasteiger partial charge in [0.2, 0.25) is 0 Å². The number of rotatable bonds is 4. The zero-order chi connectivity index (χ0) is 28.9. The third-order valence-electron chi connectivity index (χ3n) is 7.62. The molecular formula is C29H33N7O6. The van der Waals surface area contributed by atoms with Crippen LogP contribution in [0.3, 0.4) is 0 Å². The van der Waals surface area contributed by atoms with Crippen LogP contribution >= 0.6 is 0 Å². The number of aromatic nitrogens is 4. The van der Waals surface area contributed by atoms with E-state index in [-0.39, 0.29) is 50.4 Å². The summed E-state index contributed by atoms with van der Waals surface area (Å²) in [4.78, 5) is 47.1. The van der Waals surface area contributed by atoms with E-state index in [1.54, 1.807) is 52.2 Å². The first-order valence-corrected chi connectivity index (χ1v) is 14.2. The number of nitrogens with one attached hydrogen (secondary N) is 1. The number of hydrogen-bond acceptors (Lipinski definition) is 9. The molecule has 220 valence electrons. The molecule has 3 aromatic rings. The van der Waals surface area contributed by atoms with Gasteiger partial charge in [-0.05, 0) is 49.6 Å². The van der Waals surface area contributed by atoms with Crippen LogP contribution in [-0.4, -0.2) is 99.0 Å². The van der Waals surface area contributed by atoms with Crippen molar-refractivity contribution in [1.82, 2.24) is 35.1 Å². The van der Waals surface area contributed by atoms with Gasteiger partial charge in [0.25, 0.3) is 17.7 Å². The van der Waals surface area contributed by atoms with E-state index in [1.807, 2.05) is 4.90 Å². The van der Waals surface area contributed by atoms with Crippen molar-refractivity contribution in [2.24, 2.45) is 0 Å². The second-order valence-electron chi connectivity index (χ2n) is 10.6. The number of nitrogens with zero attached hydrogens (tertiary/aromatic N) is 6. The molecular weight excluding hydrogens is 542 g/mol. The molecule has 2 fully saturated rings. The van der Waals surface area contributed by atoms with E-state index in [0.717, 1.165) is 32.4 Å². The molecule has 0 aliphatic carbocycles. The SMILES string of the molecule is O=C1N[C@H]2CN(C(=O)c3cccc(OCC(=O)N4CCCCC4)c3)C[C@@H]2OCc2cn(nn2)CCOc2cccnc21. The van der Waals surface area contributed by atoms with Crippen molar-refractivity contribution in [2.45, 2.75) is 44.6 Å². The fraction of sp³-hybridized carbons (Fsp3) is 0.448. The van der Waals surface area contributed by atoms with Gasteiger partial charge in [0, 0.05) is 37.9 Å². The number of fused-ring (bicyclic) bond motifs is 4. The van der Waals surface area contributed by atoms with Gasteiger partial charge in [-0.3, -0.25) is 14.4 Å². The van der Waals surface area contributed by atoms with Gasteiger partial charge in [0.05, 0.1) is 31.5 Å². The molecule has 1 aromatic carbocycles. The van der Waals surface area contributed by atoms with Gasteiger partial charge in [-0.15, -0.1) is 5.10 Å². The number of pyridine rings is 1. The number of carbonyl (C=O) groups excluding carboxylic acids is 3. The Bertz CT molecular complexity index is 1440. The third-order valence-corrected chi connectivity index (χ3v) is 7.62. The maximum atomic E-state index is 13.6. The summed E-state index contributed by atoms with van der Waals surface area (Å²) in [7, 11) is 0. The molecule has 2 bridgehead atoms. The van der Waals surface area contributed by atoms with Gasteiger partial charge < -0.3 is 29.3 Å². The second-order valence-corrected chi connectivity index (χ2v) is 10.6. The molecule has 0 radical (unpaired) electrons. The number of amides is 3. The molecule has 13 nitrogen and oxygen atoms in total. The standard InChI is InChI=1S/C29H33N7O6/c37-26(34-10-2-1-3-11-34)19-41-22-7-4-6-20(14-22)29(39)35-16-23-25(17-35)42-18-21-15-36(33-32-21)12-13-40-24-8-5-9-30-27(24)28(38)31-23/h4-9,14-15,23,25H,1-3,10-13,16-19H2,(H,31,38)/t23-,25-/m0/s1. The van der Waals surface area contributed by atoms with Gasteiger partial charge in [-0.25, -0.2) is 9.67 Å². The lowest BCUT2D eigenvalue weighted by Crippen LogP contribution is -2.44. The zero-order valence-corrected chi connectivity index (χ0v) is 23.2. The van der Waals surface area contributed by atoms with Crippen LogP contribution < -0.4 is 14.8 Å². The van der Waals surface area contributed by atoms with Gasteiger partial charge >= 0.3 is 0 Å². The highest BCUT2D eigenvalue weighted by atomic mass is 16.5. The molecule has 2 aromatic heterocycles. The summed E-state index contributed by atoms with van der Waals surface area (Å²) in [6.07, 6.45) is 5.97. The van der Waals surface area contributed by atoms with E-state index < -0.39 is 18.1 Å². The topological polar surface area (TPSA) is 141 Å². The maximum absolute atomic E-state index is 13.6. The number of hydrogen-bond donors (Lipinski definition) is 1. The minimum absolute atomic E-state index is 0.0543. The molecule has 2 saturated heterocycles. The van der Waals surface area contributed by atoms with Crippen molar-refractivity contribution in [3.05, 3.63) is 65.7 Å². The lowest BCUT2D eigenvalue weighted by Gasteiger charge is -2.26. The Morgan fingerprint density at radius 1 is 1.05 bits per heavy atom. The molecule has 6 rings (SSSR count). The van der Waals surface area contributed by atoms with Crippen molar-refractivity contribution >= 4 is 17.7 Å². The molecule has 42 heavy (non-hydrogen) atoms. The first kappa shape index (κ1) is 27.6. The third kappa shape index (κ3) is 6.35. The molecule has 0 spiro atoms. The number of likely N-dealkylation sites (tertiary alicyclic amines) is 2. The van der Waals surface area contributed by atoms with E-state index in [0.29, 0.717) is 29.3 Å². The van der Waals surface area contributed by atoms with Crippen LogP contribution in [0.25, 0.3) is 0 Å². The van der Waals surface area contributed by atoms with Crippen LogP contribution in [0.2, 0.25) is 0 Å². The Kier molecular flexibility index (Phi) is 8.26. The Labute approximate surface area is 242 Å². The van der Waals surface area contributed by atoms with E-state index in [1.165, 1.54) is 6.20 Å². The first-order valence-electron chi connectivity index (χ1n) is 14.2. The molecule has 2 atom stereocenters. The Balaban J connectivity index is 1.16. The Morgan fingerprint density at radius 2 is 1.93 bits per heavy atom. The van der Waals surface area contributed by atoms with Crippen LogP contribution in [0.4, 0.5) is 0 Å². The van der Waals surface area contributed by atoms with E-state index >= 15 is 0 Å². The number of carbonyl (C=O) groups is 3. The van der Waals surface area contributed by atoms with Crippen LogP contribution in [0.5, 0.6) is 11.5 Å². The summed E-state index contributed by atoms with van der Waals surface area (Å²) in [5, 5.41) is 11.3. The van der Waals surface area contributed by atoms with Crippen LogP contribution in [0.1, 0.15) is 45.8 Å². The van der Waals surface area contributed by atoms with Crippen molar-refractivity contribution < 1.29 is 28.6 Å². The summed E-state index contributed by atoms with van der Waals surface area (Å²) in [6, 6.07) is 9.68. The first-order chi connectivity index (χ1) is 20.5. The zero-order valence-electron chi connectivity index (χ0n) is 23.2. The molecule has 13 heteroatoms. The summed E-state index contributed by atoms with van der Waals surface area (Å²) < 4.78 is 19.4. The fourth-order valence-electron chi connectivity index (χ4n) is 5.40. The monoisotopic (exact) mass is 575 g/mol. The average molecular weight is 576 g/mol. The van der Waals surface area contributed by atoms with Crippen LogP contribution in [0.15, 0.2) is 48.8 Å². The maximum Gasteiger partial charge on any atom is 0.274 e. The summed E-state index contributed by atoms with van der Waals surface area (Å²) in [5.74, 6) is 0.0900. The minimum atomic E-state index is -0.504. The highest BCUT2D eigenvalue weighted by Crippen LogP contribution is 2.23. The lowest BCUT2D eigenvalue weighted by atomic mass is 10.1. The predicted molar refractivity (Wildman–Crippen MR) is 148 cm³/mol. The normalized spacial score (nSPS) is 20.9. The molecule has 3 amide bonds. The molecule has 0 unspecified atom stereocenters. The summed E-state index contributed by atoms with van der Waals surface area (Å²) in [6.45, 7) is 2.79. The number of ether oxygens (including phenoxy) is 3. The van der Waals surface area contributed by atoms with Crippen molar-refractivity contribution in [2.75, 3.05) is 39.4 Å². The largest absolute Gasteiger partial charge is 0.489 e.